The summed E-state index contributed by atoms with van der Waals surface area (Å²) in [5.41, 5.74) is 0. The molecule has 1 N–H and O–H groups in total. The summed E-state index contributed by atoms with van der Waals surface area (Å²) >= 11 is 0. The fourth-order valence-corrected chi connectivity index (χ4v) is 3.18. The number of rotatable bonds is 4. The van der Waals surface area contributed by atoms with Crippen molar-refractivity contribution in [2.24, 2.45) is 11.8 Å². The van der Waals surface area contributed by atoms with Gasteiger partial charge in [-0.25, -0.2) is 0 Å². The van der Waals surface area contributed by atoms with Crippen molar-refractivity contribution >= 4 is 5.97 Å². The van der Waals surface area contributed by atoms with Crippen LogP contribution in [0.15, 0.2) is 0 Å². The van der Waals surface area contributed by atoms with Gasteiger partial charge < -0.3 is 10.1 Å². The third-order valence-electron chi connectivity index (χ3n) is 4.37. The molecule has 2 aliphatic rings. The van der Waals surface area contributed by atoms with Crippen LogP contribution in [0.3, 0.4) is 0 Å². The van der Waals surface area contributed by atoms with E-state index in [1.807, 2.05) is 0 Å². The Labute approximate surface area is 111 Å². The van der Waals surface area contributed by atoms with Gasteiger partial charge in [0, 0.05) is 6.04 Å². The quantitative estimate of drug-likeness (QED) is 0.783. The van der Waals surface area contributed by atoms with Crippen LogP contribution < -0.4 is 5.32 Å². The highest BCUT2D eigenvalue weighted by molar-refractivity contribution is 5.76. The van der Waals surface area contributed by atoms with Crippen LogP contribution in [0.1, 0.15) is 58.8 Å². The summed E-state index contributed by atoms with van der Waals surface area (Å²) in [6, 6.07) is 0.520. The maximum Gasteiger partial charge on any atom is 0.323 e. The Bertz CT molecular complexity index is 278. The number of carbonyl (C=O) groups excluding carboxylic acids is 1. The van der Waals surface area contributed by atoms with Gasteiger partial charge in [-0.15, -0.1) is 0 Å². The molecule has 3 unspecified atom stereocenters. The first-order chi connectivity index (χ1) is 8.66. The largest absolute Gasteiger partial charge is 0.465 e. The van der Waals surface area contributed by atoms with Crippen molar-refractivity contribution in [2.75, 3.05) is 6.61 Å². The SMILES string of the molecule is CC(C)CCOC(=O)C1CCC2CCCCC2N1. The van der Waals surface area contributed by atoms with E-state index in [9.17, 15) is 4.79 Å². The number of hydrogen-bond donors (Lipinski definition) is 1. The molecule has 3 atom stereocenters. The lowest BCUT2D eigenvalue weighted by atomic mass is 9.78. The lowest BCUT2D eigenvalue weighted by Crippen LogP contribution is -2.52. The van der Waals surface area contributed by atoms with Gasteiger partial charge in [0.2, 0.25) is 0 Å². The highest BCUT2D eigenvalue weighted by Crippen LogP contribution is 2.32. The molecule has 104 valence electrons. The molecule has 3 nitrogen and oxygen atoms in total. The molecule has 0 aromatic rings. The van der Waals surface area contributed by atoms with Gasteiger partial charge in [0.05, 0.1) is 6.61 Å². The fraction of sp³-hybridized carbons (Fsp3) is 0.933. The summed E-state index contributed by atoms with van der Waals surface area (Å²) in [6.45, 7) is 4.88. The van der Waals surface area contributed by atoms with E-state index in [-0.39, 0.29) is 12.0 Å². The van der Waals surface area contributed by atoms with Crippen LogP contribution in [-0.4, -0.2) is 24.7 Å². The van der Waals surface area contributed by atoms with Gasteiger partial charge in [0.15, 0.2) is 0 Å². The van der Waals surface area contributed by atoms with Crippen molar-refractivity contribution < 1.29 is 9.53 Å². The third-order valence-corrected chi connectivity index (χ3v) is 4.37. The van der Waals surface area contributed by atoms with Gasteiger partial charge >= 0.3 is 5.97 Å². The number of ether oxygens (including phenoxy) is 1. The maximum atomic E-state index is 12.0. The van der Waals surface area contributed by atoms with Crippen LogP contribution >= 0.6 is 0 Å². The molecular weight excluding hydrogens is 226 g/mol. The number of fused-ring (bicyclic) bond motifs is 1. The average molecular weight is 253 g/mol. The molecule has 0 aromatic carbocycles. The van der Waals surface area contributed by atoms with Gasteiger partial charge in [-0.2, -0.15) is 0 Å². The van der Waals surface area contributed by atoms with E-state index in [1.165, 1.54) is 32.1 Å². The molecule has 2 fully saturated rings. The van der Waals surface area contributed by atoms with Crippen molar-refractivity contribution in [1.29, 1.82) is 0 Å². The number of hydrogen-bond acceptors (Lipinski definition) is 3. The fourth-order valence-electron chi connectivity index (χ4n) is 3.18. The summed E-state index contributed by atoms with van der Waals surface area (Å²) in [5, 5.41) is 3.52. The predicted molar refractivity (Wildman–Crippen MR) is 72.3 cm³/mol. The summed E-state index contributed by atoms with van der Waals surface area (Å²) in [4.78, 5) is 12.0. The number of esters is 1. The van der Waals surface area contributed by atoms with Crippen molar-refractivity contribution in [3.05, 3.63) is 0 Å². The van der Waals surface area contributed by atoms with E-state index < -0.39 is 0 Å². The van der Waals surface area contributed by atoms with Crippen LogP contribution in [0.5, 0.6) is 0 Å². The molecule has 0 radical (unpaired) electrons. The van der Waals surface area contributed by atoms with Crippen LogP contribution in [0.25, 0.3) is 0 Å². The minimum Gasteiger partial charge on any atom is -0.465 e. The predicted octanol–water partition coefficient (Wildman–Crippen LogP) is 2.89. The highest BCUT2D eigenvalue weighted by atomic mass is 16.5. The minimum atomic E-state index is -0.0449. The molecule has 1 saturated carbocycles. The Morgan fingerprint density at radius 3 is 2.78 bits per heavy atom. The summed E-state index contributed by atoms with van der Waals surface area (Å²) < 4.78 is 5.37. The Kier molecular flexibility index (Phi) is 5.04. The Hall–Kier alpha value is -0.570. The number of piperidine rings is 1. The standard InChI is InChI=1S/C15H27NO2/c1-11(2)9-10-18-15(17)14-8-7-12-5-3-4-6-13(12)16-14/h11-14,16H,3-10H2,1-2H3. The first-order valence-corrected chi connectivity index (χ1v) is 7.59. The molecule has 2 rings (SSSR count). The highest BCUT2D eigenvalue weighted by Gasteiger charge is 2.34. The smallest absolute Gasteiger partial charge is 0.323 e. The van der Waals surface area contributed by atoms with Gasteiger partial charge in [-0.3, -0.25) is 4.79 Å². The number of nitrogens with one attached hydrogen (secondary N) is 1. The minimum absolute atomic E-state index is 0.0281. The molecule has 3 heteroatoms. The van der Waals surface area contributed by atoms with E-state index in [1.54, 1.807) is 0 Å². The van der Waals surface area contributed by atoms with E-state index in [0.29, 0.717) is 18.6 Å². The zero-order valence-electron chi connectivity index (χ0n) is 11.8. The zero-order chi connectivity index (χ0) is 13.0. The van der Waals surface area contributed by atoms with Crippen LogP contribution in [0.4, 0.5) is 0 Å². The average Bonchev–Trinajstić information content (AvgIpc) is 2.37. The topological polar surface area (TPSA) is 38.3 Å². The second-order valence-electron chi connectivity index (χ2n) is 6.30. The molecule has 1 aliphatic carbocycles. The van der Waals surface area contributed by atoms with Crippen molar-refractivity contribution in [3.8, 4) is 0 Å². The van der Waals surface area contributed by atoms with Crippen LogP contribution in [-0.2, 0) is 9.53 Å². The van der Waals surface area contributed by atoms with E-state index in [2.05, 4.69) is 19.2 Å². The Morgan fingerprint density at radius 1 is 1.22 bits per heavy atom. The van der Waals surface area contributed by atoms with E-state index in [4.69, 9.17) is 4.74 Å². The van der Waals surface area contributed by atoms with E-state index in [0.717, 1.165) is 18.8 Å². The first-order valence-electron chi connectivity index (χ1n) is 7.59. The zero-order valence-corrected chi connectivity index (χ0v) is 11.8. The van der Waals surface area contributed by atoms with Crippen molar-refractivity contribution in [1.82, 2.24) is 5.32 Å². The molecule has 18 heavy (non-hydrogen) atoms. The molecule has 0 amide bonds. The lowest BCUT2D eigenvalue weighted by molar-refractivity contribution is -0.148. The molecule has 1 saturated heterocycles. The lowest BCUT2D eigenvalue weighted by Gasteiger charge is -2.39. The van der Waals surface area contributed by atoms with Gasteiger partial charge in [0.25, 0.3) is 0 Å². The molecule has 1 aliphatic heterocycles. The van der Waals surface area contributed by atoms with Crippen molar-refractivity contribution in [3.63, 3.8) is 0 Å². The Balaban J connectivity index is 1.74. The molecule has 1 heterocycles. The van der Waals surface area contributed by atoms with Gasteiger partial charge in [-0.05, 0) is 43.9 Å². The Morgan fingerprint density at radius 2 is 2.00 bits per heavy atom. The monoisotopic (exact) mass is 253 g/mol. The maximum absolute atomic E-state index is 12.0. The molecule has 0 bridgehead atoms. The van der Waals surface area contributed by atoms with Crippen LogP contribution in [0, 0.1) is 11.8 Å². The molecular formula is C15H27NO2. The molecule has 0 aromatic heterocycles. The normalized spacial score (nSPS) is 32.1. The summed E-state index contributed by atoms with van der Waals surface area (Å²) in [5.74, 6) is 1.37. The van der Waals surface area contributed by atoms with Crippen molar-refractivity contribution in [2.45, 2.75) is 70.9 Å². The third kappa shape index (κ3) is 3.71. The summed E-state index contributed by atoms with van der Waals surface area (Å²) in [7, 11) is 0. The second kappa shape index (κ2) is 6.55. The number of carbonyl (C=O) groups is 1. The van der Waals surface area contributed by atoms with Crippen LogP contribution in [0.2, 0.25) is 0 Å². The summed E-state index contributed by atoms with van der Waals surface area (Å²) in [6.07, 6.45) is 8.37. The second-order valence-corrected chi connectivity index (χ2v) is 6.30. The van der Waals surface area contributed by atoms with Gasteiger partial charge in [0.1, 0.15) is 6.04 Å². The van der Waals surface area contributed by atoms with E-state index >= 15 is 0 Å². The van der Waals surface area contributed by atoms with Gasteiger partial charge in [-0.1, -0.05) is 26.7 Å². The molecule has 0 spiro atoms. The first kappa shape index (κ1) is 13.9.